The Hall–Kier alpha value is -1.37. The van der Waals surface area contributed by atoms with Crippen LogP contribution in [-0.4, -0.2) is 40.3 Å². The third kappa shape index (κ3) is 2.49. The molecule has 1 spiro atoms. The number of carbonyl (C=O) groups is 1. The van der Waals surface area contributed by atoms with Crippen molar-refractivity contribution in [3.63, 3.8) is 0 Å². The van der Waals surface area contributed by atoms with E-state index in [0.29, 0.717) is 23.8 Å². The van der Waals surface area contributed by atoms with Gasteiger partial charge in [0.2, 0.25) is 0 Å². The van der Waals surface area contributed by atoms with Crippen LogP contribution in [0.25, 0.3) is 0 Å². The number of amides is 1. The molecular formula is C16H18ClN3O2S. The van der Waals surface area contributed by atoms with E-state index in [4.69, 9.17) is 16.3 Å². The van der Waals surface area contributed by atoms with Crippen LogP contribution in [0.2, 0.25) is 5.02 Å². The van der Waals surface area contributed by atoms with Crippen molar-refractivity contribution in [1.29, 1.82) is 0 Å². The third-order valence-corrected chi connectivity index (χ3v) is 6.05. The number of hydrogen-bond acceptors (Lipinski definition) is 4. The van der Waals surface area contributed by atoms with Gasteiger partial charge in [0.1, 0.15) is 0 Å². The lowest BCUT2D eigenvalue weighted by Gasteiger charge is -2.43. The number of likely N-dealkylation sites (tertiary alicyclic amines) is 1. The summed E-state index contributed by atoms with van der Waals surface area (Å²) in [5.74, 6) is -0.0909. The molecule has 0 N–H and O–H groups in total. The van der Waals surface area contributed by atoms with Gasteiger partial charge in [0.05, 0.1) is 17.2 Å². The lowest BCUT2D eigenvalue weighted by atomic mass is 9.82. The van der Waals surface area contributed by atoms with Gasteiger partial charge in [0.25, 0.3) is 5.91 Å². The number of fused-ring (bicyclic) bond motifs is 2. The van der Waals surface area contributed by atoms with Gasteiger partial charge < -0.3 is 9.64 Å². The Bertz CT molecular complexity index is 746. The zero-order chi connectivity index (χ0) is 16.0. The summed E-state index contributed by atoms with van der Waals surface area (Å²) in [5.41, 5.74) is 1.46. The number of halogens is 1. The van der Waals surface area contributed by atoms with E-state index >= 15 is 0 Å². The molecule has 0 aromatic carbocycles. The molecule has 23 heavy (non-hydrogen) atoms. The Morgan fingerprint density at radius 2 is 2.22 bits per heavy atom. The third-order valence-electron chi connectivity index (χ3n) is 4.79. The maximum atomic E-state index is 12.6. The van der Waals surface area contributed by atoms with Crippen molar-refractivity contribution in [2.75, 3.05) is 19.7 Å². The van der Waals surface area contributed by atoms with E-state index < -0.39 is 0 Å². The van der Waals surface area contributed by atoms with Crippen LogP contribution in [0.5, 0.6) is 0 Å². The largest absolute Gasteiger partial charge is 0.370 e. The summed E-state index contributed by atoms with van der Waals surface area (Å²) >= 11 is 7.91. The smallest absolute Gasteiger partial charge is 0.275 e. The van der Waals surface area contributed by atoms with Gasteiger partial charge in [-0.1, -0.05) is 11.6 Å². The van der Waals surface area contributed by atoms with E-state index in [1.807, 2.05) is 16.2 Å². The van der Waals surface area contributed by atoms with Crippen molar-refractivity contribution in [1.82, 2.24) is 14.7 Å². The number of aromatic nitrogens is 2. The highest BCUT2D eigenvalue weighted by atomic mass is 35.5. The molecule has 1 fully saturated rings. The Kier molecular flexibility index (Phi) is 3.70. The number of hydrogen-bond donors (Lipinski definition) is 0. The number of piperidine rings is 1. The second kappa shape index (κ2) is 5.61. The van der Waals surface area contributed by atoms with Crippen LogP contribution in [0.3, 0.4) is 0 Å². The van der Waals surface area contributed by atoms with Gasteiger partial charge in [-0.15, -0.1) is 11.3 Å². The van der Waals surface area contributed by atoms with Crippen molar-refractivity contribution < 1.29 is 9.53 Å². The molecule has 0 unspecified atom stereocenters. The van der Waals surface area contributed by atoms with Crippen molar-refractivity contribution in [3.8, 4) is 0 Å². The summed E-state index contributed by atoms with van der Waals surface area (Å²) in [6, 6.07) is 2.19. The molecule has 1 saturated heterocycles. The topological polar surface area (TPSA) is 47.4 Å². The summed E-state index contributed by atoms with van der Waals surface area (Å²) in [4.78, 5) is 15.9. The van der Waals surface area contributed by atoms with Crippen LogP contribution in [0.1, 0.15) is 33.8 Å². The number of aryl methyl sites for hydroxylation is 1. The average molecular weight is 352 g/mol. The lowest BCUT2D eigenvalue weighted by Crippen LogP contribution is -2.48. The van der Waals surface area contributed by atoms with Crippen molar-refractivity contribution in [2.24, 2.45) is 7.05 Å². The van der Waals surface area contributed by atoms with E-state index in [1.165, 1.54) is 10.4 Å². The number of carbonyl (C=O) groups excluding carboxylic acids is 1. The van der Waals surface area contributed by atoms with Gasteiger partial charge in [-0.25, -0.2) is 0 Å². The highest BCUT2D eigenvalue weighted by molar-refractivity contribution is 7.10. The summed E-state index contributed by atoms with van der Waals surface area (Å²) in [5, 5.41) is 6.74. The number of thiophene rings is 1. The Morgan fingerprint density at radius 3 is 2.91 bits per heavy atom. The van der Waals surface area contributed by atoms with Crippen LogP contribution in [0, 0.1) is 0 Å². The number of rotatable bonds is 1. The molecule has 2 aromatic heterocycles. The molecule has 2 aromatic rings. The van der Waals surface area contributed by atoms with Gasteiger partial charge in [0.15, 0.2) is 5.69 Å². The first-order valence-electron chi connectivity index (χ1n) is 7.78. The molecular weight excluding hydrogens is 334 g/mol. The molecule has 2 aliphatic heterocycles. The molecule has 0 aliphatic carbocycles. The number of nitrogens with zero attached hydrogens (tertiary/aromatic N) is 3. The molecule has 0 saturated carbocycles. The first-order valence-corrected chi connectivity index (χ1v) is 9.04. The fraction of sp³-hybridized carbons (Fsp3) is 0.500. The second-order valence-electron chi connectivity index (χ2n) is 6.14. The molecule has 4 heterocycles. The molecule has 0 bridgehead atoms. The van der Waals surface area contributed by atoms with Gasteiger partial charge in [0, 0.05) is 37.6 Å². The van der Waals surface area contributed by atoms with Gasteiger partial charge in [-0.05, 0) is 29.9 Å². The highest BCUT2D eigenvalue weighted by Gasteiger charge is 2.42. The molecule has 122 valence electrons. The van der Waals surface area contributed by atoms with Gasteiger partial charge >= 0.3 is 0 Å². The van der Waals surface area contributed by atoms with Gasteiger partial charge in [-0.2, -0.15) is 5.10 Å². The number of ether oxygens (including phenoxy) is 1. The minimum absolute atomic E-state index is 0.0909. The van der Waals surface area contributed by atoms with Crippen LogP contribution in [-0.2, 0) is 23.8 Å². The summed E-state index contributed by atoms with van der Waals surface area (Å²) < 4.78 is 7.75. The fourth-order valence-electron chi connectivity index (χ4n) is 3.60. The van der Waals surface area contributed by atoms with Crippen LogP contribution in [0.15, 0.2) is 17.6 Å². The molecule has 5 nitrogen and oxygen atoms in total. The first-order chi connectivity index (χ1) is 11.1. The predicted octanol–water partition coefficient (Wildman–Crippen LogP) is 2.84. The predicted molar refractivity (Wildman–Crippen MR) is 89.0 cm³/mol. The maximum absolute atomic E-state index is 12.6. The molecule has 0 radical (unpaired) electrons. The molecule has 1 amide bonds. The Balaban J connectivity index is 1.52. The van der Waals surface area contributed by atoms with Crippen molar-refractivity contribution in [2.45, 2.75) is 24.9 Å². The van der Waals surface area contributed by atoms with Crippen LogP contribution in [0.4, 0.5) is 0 Å². The van der Waals surface area contributed by atoms with Crippen molar-refractivity contribution >= 4 is 28.8 Å². The quantitative estimate of drug-likeness (QED) is 0.793. The molecule has 4 rings (SSSR count). The van der Waals surface area contributed by atoms with E-state index in [0.717, 1.165) is 25.9 Å². The van der Waals surface area contributed by atoms with E-state index in [1.54, 1.807) is 17.9 Å². The second-order valence-corrected chi connectivity index (χ2v) is 7.55. The summed E-state index contributed by atoms with van der Waals surface area (Å²) in [6.07, 6.45) is 4.31. The van der Waals surface area contributed by atoms with Crippen LogP contribution >= 0.6 is 22.9 Å². The fourth-order valence-corrected chi connectivity index (χ4v) is 4.81. The van der Waals surface area contributed by atoms with Crippen LogP contribution < -0.4 is 0 Å². The summed E-state index contributed by atoms with van der Waals surface area (Å²) in [7, 11) is 1.77. The van der Waals surface area contributed by atoms with Crippen molar-refractivity contribution in [3.05, 3.63) is 38.8 Å². The van der Waals surface area contributed by atoms with E-state index in [9.17, 15) is 4.79 Å². The standard InChI is InChI=1S/C16H18ClN3O2S/c1-19-10-12(17)14(18-19)15(21)20-6-4-16(5-7-20)11-3-9-23-13(11)2-8-22-16/h3,9-10H,2,4-8H2,1H3. The highest BCUT2D eigenvalue weighted by Crippen LogP contribution is 2.43. The van der Waals surface area contributed by atoms with Gasteiger partial charge in [-0.3, -0.25) is 9.48 Å². The Labute approximate surface area is 143 Å². The monoisotopic (exact) mass is 351 g/mol. The molecule has 2 aliphatic rings. The maximum Gasteiger partial charge on any atom is 0.275 e. The molecule has 0 atom stereocenters. The molecule has 7 heteroatoms. The SMILES string of the molecule is Cn1cc(Cl)c(C(=O)N2CCC3(CC2)OCCc2sccc23)n1. The Morgan fingerprint density at radius 1 is 1.43 bits per heavy atom. The minimum atomic E-state index is -0.210. The van der Waals surface area contributed by atoms with E-state index in [-0.39, 0.29) is 11.5 Å². The van der Waals surface area contributed by atoms with E-state index in [2.05, 4.69) is 16.5 Å². The zero-order valence-electron chi connectivity index (χ0n) is 12.9. The normalized spacial score (nSPS) is 19.8. The summed E-state index contributed by atoms with van der Waals surface area (Å²) in [6.45, 7) is 2.11. The first kappa shape index (κ1) is 15.2. The zero-order valence-corrected chi connectivity index (χ0v) is 14.5. The minimum Gasteiger partial charge on any atom is -0.370 e. The average Bonchev–Trinajstić information content (AvgIpc) is 3.15. The lowest BCUT2D eigenvalue weighted by molar-refractivity contribution is -0.0926.